The van der Waals surface area contributed by atoms with Crippen LogP contribution >= 0.6 is 46.6 Å². The maximum atomic E-state index is 12.4. The van der Waals surface area contributed by atoms with Crippen LogP contribution < -0.4 is 9.64 Å². The highest BCUT2D eigenvalue weighted by molar-refractivity contribution is 8.16. The van der Waals surface area contributed by atoms with E-state index in [0.717, 1.165) is 0 Å². The molecule has 2 atom stereocenters. The predicted octanol–water partition coefficient (Wildman–Crippen LogP) is 4.33. The van der Waals surface area contributed by atoms with E-state index in [1.54, 1.807) is 47.4 Å². The summed E-state index contributed by atoms with van der Waals surface area (Å²) in [7, 11) is -3.16. The standard InChI is InChI=1S/C19H15Cl3N2O4S2/c20-11-1-4-13(5-2-11)28-8-18(25)23-19-24(12-3-6-14(21)15(22)7-12)16-9-30(26,27)10-17(16)29-19/h1-7,16-17H,8-10H2. The van der Waals surface area contributed by atoms with Crippen molar-refractivity contribution >= 4 is 73.2 Å². The summed E-state index contributed by atoms with van der Waals surface area (Å²) in [6.07, 6.45) is 0. The molecule has 0 saturated carbocycles. The molecule has 0 aromatic heterocycles. The van der Waals surface area contributed by atoms with Crippen LogP contribution in [0.4, 0.5) is 5.69 Å². The summed E-state index contributed by atoms with van der Waals surface area (Å²) in [5.41, 5.74) is 0.631. The van der Waals surface area contributed by atoms with Crippen molar-refractivity contribution in [1.82, 2.24) is 0 Å². The lowest BCUT2D eigenvalue weighted by atomic mass is 10.2. The first-order chi connectivity index (χ1) is 14.2. The normalized spacial score (nSPS) is 23.6. The summed E-state index contributed by atoms with van der Waals surface area (Å²) >= 11 is 19.3. The maximum absolute atomic E-state index is 12.4. The molecule has 2 aromatic rings. The summed E-state index contributed by atoms with van der Waals surface area (Å²) in [6.45, 7) is -0.255. The van der Waals surface area contributed by atoms with Gasteiger partial charge in [0.05, 0.1) is 27.6 Å². The number of benzene rings is 2. The summed E-state index contributed by atoms with van der Waals surface area (Å²) < 4.78 is 29.7. The van der Waals surface area contributed by atoms with Gasteiger partial charge in [0.25, 0.3) is 5.91 Å². The first-order valence-electron chi connectivity index (χ1n) is 8.83. The van der Waals surface area contributed by atoms with Gasteiger partial charge in [0.2, 0.25) is 0 Å². The number of thioether (sulfide) groups is 1. The average molecular weight is 506 g/mol. The third-order valence-electron chi connectivity index (χ3n) is 4.64. The molecule has 1 amide bonds. The van der Waals surface area contributed by atoms with E-state index in [9.17, 15) is 13.2 Å². The number of hydrogen-bond acceptors (Lipinski definition) is 5. The van der Waals surface area contributed by atoms with Crippen LogP contribution in [0.1, 0.15) is 0 Å². The number of nitrogens with zero attached hydrogens (tertiary/aromatic N) is 2. The van der Waals surface area contributed by atoms with Gasteiger partial charge in [-0.05, 0) is 42.5 Å². The number of aliphatic imine (C=N–C) groups is 1. The quantitative estimate of drug-likeness (QED) is 0.616. The Hall–Kier alpha value is -1.45. The fourth-order valence-electron chi connectivity index (χ4n) is 3.32. The third kappa shape index (κ3) is 4.73. The molecule has 2 aliphatic heterocycles. The molecule has 2 aromatic carbocycles. The number of halogens is 3. The summed E-state index contributed by atoms with van der Waals surface area (Å²) in [4.78, 5) is 18.4. The molecule has 2 unspecified atom stereocenters. The number of ether oxygens (including phenoxy) is 1. The second kappa shape index (κ2) is 8.59. The molecular weight excluding hydrogens is 491 g/mol. The van der Waals surface area contributed by atoms with Crippen LogP contribution in [-0.4, -0.2) is 48.9 Å². The smallest absolute Gasteiger partial charge is 0.285 e. The van der Waals surface area contributed by atoms with Gasteiger partial charge < -0.3 is 9.64 Å². The van der Waals surface area contributed by atoms with E-state index >= 15 is 0 Å². The zero-order chi connectivity index (χ0) is 21.5. The van der Waals surface area contributed by atoms with Crippen molar-refractivity contribution in [2.75, 3.05) is 23.0 Å². The Labute approximate surface area is 193 Å². The zero-order valence-electron chi connectivity index (χ0n) is 15.3. The van der Waals surface area contributed by atoms with Gasteiger partial charge in [0.1, 0.15) is 5.75 Å². The van der Waals surface area contributed by atoms with Crippen LogP contribution in [0.15, 0.2) is 47.5 Å². The van der Waals surface area contributed by atoms with Crippen molar-refractivity contribution in [3.8, 4) is 5.75 Å². The molecule has 2 heterocycles. The molecule has 2 fully saturated rings. The number of carbonyl (C=O) groups excluding carboxylic acids is 1. The summed E-state index contributed by atoms with van der Waals surface area (Å²) in [6, 6.07) is 11.3. The van der Waals surface area contributed by atoms with Crippen LogP contribution in [0.3, 0.4) is 0 Å². The van der Waals surface area contributed by atoms with Gasteiger partial charge in [-0.25, -0.2) is 8.42 Å². The molecule has 11 heteroatoms. The molecule has 0 radical (unpaired) electrons. The van der Waals surface area contributed by atoms with Gasteiger partial charge in [-0.15, -0.1) is 0 Å². The second-order valence-electron chi connectivity index (χ2n) is 6.80. The number of carbonyl (C=O) groups is 1. The highest BCUT2D eigenvalue weighted by atomic mass is 35.5. The van der Waals surface area contributed by atoms with Crippen LogP contribution in [-0.2, 0) is 14.6 Å². The number of amides is 1. The first kappa shape index (κ1) is 21.8. The van der Waals surface area contributed by atoms with Gasteiger partial charge in [0.15, 0.2) is 21.6 Å². The Bertz CT molecular complexity index is 1120. The molecule has 30 heavy (non-hydrogen) atoms. The molecule has 2 saturated heterocycles. The Morgan fingerprint density at radius 1 is 1.10 bits per heavy atom. The van der Waals surface area contributed by atoms with E-state index in [2.05, 4.69) is 4.99 Å². The highest BCUT2D eigenvalue weighted by Crippen LogP contribution is 2.42. The zero-order valence-corrected chi connectivity index (χ0v) is 19.2. The number of hydrogen-bond donors (Lipinski definition) is 0. The number of fused-ring (bicyclic) bond motifs is 1. The Morgan fingerprint density at radius 2 is 1.83 bits per heavy atom. The van der Waals surface area contributed by atoms with Crippen molar-refractivity contribution in [2.45, 2.75) is 11.3 Å². The monoisotopic (exact) mass is 504 g/mol. The van der Waals surface area contributed by atoms with E-state index in [-0.39, 0.29) is 29.4 Å². The van der Waals surface area contributed by atoms with Gasteiger partial charge in [-0.3, -0.25) is 4.79 Å². The van der Waals surface area contributed by atoms with Crippen molar-refractivity contribution in [2.24, 2.45) is 4.99 Å². The predicted molar refractivity (Wildman–Crippen MR) is 122 cm³/mol. The second-order valence-corrected chi connectivity index (χ2v) is 11.4. The number of amidine groups is 1. The van der Waals surface area contributed by atoms with E-state index in [0.29, 0.717) is 31.7 Å². The lowest BCUT2D eigenvalue weighted by Gasteiger charge is -2.24. The molecule has 4 rings (SSSR count). The molecule has 0 aliphatic carbocycles. The van der Waals surface area contributed by atoms with Crippen molar-refractivity contribution in [3.05, 3.63) is 57.5 Å². The number of anilines is 1. The molecule has 0 spiro atoms. The van der Waals surface area contributed by atoms with E-state index < -0.39 is 15.7 Å². The molecular formula is C19H15Cl3N2O4S2. The Morgan fingerprint density at radius 3 is 2.53 bits per heavy atom. The largest absolute Gasteiger partial charge is 0.484 e. The topological polar surface area (TPSA) is 76.0 Å². The lowest BCUT2D eigenvalue weighted by Crippen LogP contribution is -2.37. The minimum absolute atomic E-state index is 0.0145. The fourth-order valence-corrected chi connectivity index (χ4v) is 7.67. The molecule has 0 N–H and O–H groups in total. The van der Waals surface area contributed by atoms with Gasteiger partial charge in [-0.1, -0.05) is 46.6 Å². The first-order valence-corrected chi connectivity index (χ1v) is 12.7. The van der Waals surface area contributed by atoms with Crippen LogP contribution in [0.2, 0.25) is 15.1 Å². The minimum Gasteiger partial charge on any atom is -0.484 e. The molecule has 6 nitrogen and oxygen atoms in total. The SMILES string of the molecule is O=C(COc1ccc(Cl)cc1)N=C1SC2CS(=O)(=O)CC2N1c1ccc(Cl)c(Cl)c1. The third-order valence-corrected chi connectivity index (χ3v) is 8.84. The molecule has 158 valence electrons. The van der Waals surface area contributed by atoms with E-state index in [1.807, 2.05) is 0 Å². The Balaban J connectivity index is 1.57. The van der Waals surface area contributed by atoms with Crippen molar-refractivity contribution in [1.29, 1.82) is 0 Å². The van der Waals surface area contributed by atoms with E-state index in [4.69, 9.17) is 39.5 Å². The molecule has 2 aliphatic rings. The Kier molecular flexibility index (Phi) is 6.23. The minimum atomic E-state index is -3.16. The average Bonchev–Trinajstić information content (AvgIpc) is 3.14. The maximum Gasteiger partial charge on any atom is 0.285 e. The lowest BCUT2D eigenvalue weighted by molar-refractivity contribution is -0.119. The summed E-state index contributed by atoms with van der Waals surface area (Å²) in [5.74, 6) is 0.0327. The summed E-state index contributed by atoms with van der Waals surface area (Å²) in [5, 5.41) is 1.49. The van der Waals surface area contributed by atoms with E-state index in [1.165, 1.54) is 11.8 Å². The highest BCUT2D eigenvalue weighted by Gasteiger charge is 2.49. The van der Waals surface area contributed by atoms with Crippen molar-refractivity contribution in [3.63, 3.8) is 0 Å². The van der Waals surface area contributed by atoms with Gasteiger partial charge >= 0.3 is 0 Å². The van der Waals surface area contributed by atoms with Gasteiger partial charge in [-0.2, -0.15) is 4.99 Å². The fraction of sp³-hybridized carbons (Fsp3) is 0.263. The van der Waals surface area contributed by atoms with Gasteiger partial charge in [0, 0.05) is 16.0 Å². The van der Waals surface area contributed by atoms with Crippen molar-refractivity contribution < 1.29 is 17.9 Å². The molecule has 0 bridgehead atoms. The number of sulfone groups is 1. The van der Waals surface area contributed by atoms with Crippen LogP contribution in [0, 0.1) is 0 Å². The van der Waals surface area contributed by atoms with Crippen LogP contribution in [0.5, 0.6) is 5.75 Å². The van der Waals surface area contributed by atoms with Crippen LogP contribution in [0.25, 0.3) is 0 Å². The number of rotatable bonds is 4.